The molecule has 3 aromatic rings. The zero-order valence-electron chi connectivity index (χ0n) is 15.0. The molecule has 0 spiro atoms. The van der Waals surface area contributed by atoms with Gasteiger partial charge >= 0.3 is 0 Å². The molecule has 0 radical (unpaired) electrons. The normalized spacial score (nSPS) is 10.6. The third kappa shape index (κ3) is 5.45. The van der Waals surface area contributed by atoms with E-state index in [0.29, 0.717) is 15.7 Å². The standard InChI is InChI=1S/C19H17N5O3S/c1-27-15-9-7-13(8-10-15)12-20-22-16(25)11-17-23-24-19(28-17)21-18(26)14-5-3-2-4-6-14/h2-10,12H,11H2,1H3,(H,22,25)(H,21,24,26)/b20-12+. The van der Waals surface area contributed by atoms with Crippen molar-refractivity contribution in [1.82, 2.24) is 15.6 Å². The summed E-state index contributed by atoms with van der Waals surface area (Å²) in [6.45, 7) is 0. The molecular formula is C19H17N5O3S. The van der Waals surface area contributed by atoms with Crippen LogP contribution in [0.15, 0.2) is 59.7 Å². The van der Waals surface area contributed by atoms with Crippen LogP contribution in [0.4, 0.5) is 5.13 Å². The van der Waals surface area contributed by atoms with Crippen molar-refractivity contribution in [1.29, 1.82) is 0 Å². The number of carbonyl (C=O) groups excluding carboxylic acids is 2. The lowest BCUT2D eigenvalue weighted by molar-refractivity contribution is -0.120. The minimum atomic E-state index is -0.332. The van der Waals surface area contributed by atoms with Gasteiger partial charge in [-0.15, -0.1) is 10.2 Å². The number of nitrogens with one attached hydrogen (secondary N) is 2. The van der Waals surface area contributed by atoms with E-state index in [4.69, 9.17) is 4.74 Å². The largest absolute Gasteiger partial charge is 0.497 e. The summed E-state index contributed by atoms with van der Waals surface area (Å²) in [5.41, 5.74) is 3.78. The first-order chi connectivity index (χ1) is 13.6. The molecule has 1 aromatic heterocycles. The van der Waals surface area contributed by atoms with Crippen molar-refractivity contribution >= 4 is 34.5 Å². The molecule has 28 heavy (non-hydrogen) atoms. The molecule has 0 fully saturated rings. The van der Waals surface area contributed by atoms with E-state index in [0.717, 1.165) is 22.6 Å². The molecule has 142 valence electrons. The monoisotopic (exact) mass is 395 g/mol. The summed E-state index contributed by atoms with van der Waals surface area (Å²) in [6, 6.07) is 16.0. The lowest BCUT2D eigenvalue weighted by Gasteiger charge is -2.00. The average Bonchev–Trinajstić information content (AvgIpc) is 3.15. The molecule has 0 bridgehead atoms. The number of rotatable bonds is 7. The van der Waals surface area contributed by atoms with E-state index in [2.05, 4.69) is 26.0 Å². The highest BCUT2D eigenvalue weighted by Gasteiger charge is 2.12. The number of amides is 2. The second-order valence-corrected chi connectivity index (χ2v) is 6.63. The number of benzene rings is 2. The molecule has 2 amide bonds. The Kier molecular flexibility index (Phi) is 6.42. The molecule has 0 unspecified atom stereocenters. The van der Waals surface area contributed by atoms with Crippen molar-refractivity contribution in [3.8, 4) is 5.75 Å². The number of anilines is 1. The Balaban J connectivity index is 1.49. The van der Waals surface area contributed by atoms with Gasteiger partial charge in [-0.1, -0.05) is 29.5 Å². The molecule has 0 saturated carbocycles. The molecule has 1 heterocycles. The average molecular weight is 395 g/mol. The Labute approximate surface area is 165 Å². The van der Waals surface area contributed by atoms with Crippen LogP contribution < -0.4 is 15.5 Å². The summed E-state index contributed by atoms with van der Waals surface area (Å²) in [5, 5.41) is 15.2. The summed E-state index contributed by atoms with van der Waals surface area (Å²) < 4.78 is 5.08. The number of aromatic nitrogens is 2. The summed E-state index contributed by atoms with van der Waals surface area (Å²) >= 11 is 1.14. The van der Waals surface area contributed by atoms with Gasteiger partial charge in [-0.2, -0.15) is 5.10 Å². The van der Waals surface area contributed by atoms with Gasteiger partial charge in [0.25, 0.3) is 5.91 Å². The van der Waals surface area contributed by atoms with Gasteiger partial charge in [-0.3, -0.25) is 14.9 Å². The maximum Gasteiger partial charge on any atom is 0.257 e. The predicted molar refractivity (Wildman–Crippen MR) is 107 cm³/mol. The van der Waals surface area contributed by atoms with Gasteiger partial charge < -0.3 is 4.74 Å². The minimum absolute atomic E-state index is 0.0127. The number of hydrogen-bond acceptors (Lipinski definition) is 7. The first-order valence-corrected chi connectivity index (χ1v) is 9.10. The number of nitrogens with zero attached hydrogens (tertiary/aromatic N) is 3. The number of methoxy groups -OCH3 is 1. The van der Waals surface area contributed by atoms with Crippen molar-refractivity contribution in [2.75, 3.05) is 12.4 Å². The molecule has 0 saturated heterocycles. The molecule has 9 heteroatoms. The van der Waals surface area contributed by atoms with Crippen LogP contribution in [0.5, 0.6) is 5.75 Å². The summed E-state index contributed by atoms with van der Waals surface area (Å²) in [5.74, 6) is 0.131. The number of hydrogen-bond donors (Lipinski definition) is 2. The van der Waals surface area contributed by atoms with E-state index in [1.165, 1.54) is 6.21 Å². The van der Waals surface area contributed by atoms with Crippen LogP contribution in [0.25, 0.3) is 0 Å². The fourth-order valence-corrected chi connectivity index (χ4v) is 2.91. The molecule has 0 atom stereocenters. The Morgan fingerprint density at radius 2 is 1.86 bits per heavy atom. The van der Waals surface area contributed by atoms with Crippen LogP contribution in [-0.4, -0.2) is 35.3 Å². The summed E-state index contributed by atoms with van der Waals surface area (Å²) in [4.78, 5) is 24.0. The van der Waals surface area contributed by atoms with Crippen LogP contribution in [0.3, 0.4) is 0 Å². The molecule has 2 aromatic carbocycles. The van der Waals surface area contributed by atoms with Crippen molar-refractivity contribution in [3.63, 3.8) is 0 Å². The van der Waals surface area contributed by atoms with Gasteiger partial charge in [0.15, 0.2) is 0 Å². The van der Waals surface area contributed by atoms with Crippen LogP contribution in [0.1, 0.15) is 20.9 Å². The molecule has 0 aliphatic carbocycles. The lowest BCUT2D eigenvalue weighted by atomic mass is 10.2. The third-order valence-electron chi connectivity index (χ3n) is 3.55. The van der Waals surface area contributed by atoms with Gasteiger partial charge in [0, 0.05) is 5.56 Å². The van der Waals surface area contributed by atoms with Gasteiger partial charge in [0.2, 0.25) is 11.0 Å². The highest BCUT2D eigenvalue weighted by atomic mass is 32.1. The smallest absolute Gasteiger partial charge is 0.257 e. The topological polar surface area (TPSA) is 106 Å². The predicted octanol–water partition coefficient (Wildman–Crippen LogP) is 2.49. The van der Waals surface area contributed by atoms with E-state index in [1.54, 1.807) is 43.5 Å². The van der Waals surface area contributed by atoms with Crippen molar-refractivity contribution in [2.45, 2.75) is 6.42 Å². The van der Waals surface area contributed by atoms with E-state index in [1.807, 2.05) is 18.2 Å². The fraction of sp³-hybridized carbons (Fsp3) is 0.105. The molecule has 2 N–H and O–H groups in total. The summed E-state index contributed by atoms with van der Waals surface area (Å²) in [7, 11) is 1.59. The molecular weight excluding hydrogens is 378 g/mol. The van der Waals surface area contributed by atoms with Crippen LogP contribution in [0, 0.1) is 0 Å². The molecule has 0 aliphatic rings. The van der Waals surface area contributed by atoms with Crippen LogP contribution in [0.2, 0.25) is 0 Å². The minimum Gasteiger partial charge on any atom is -0.497 e. The van der Waals surface area contributed by atoms with E-state index in [9.17, 15) is 9.59 Å². The van der Waals surface area contributed by atoms with Gasteiger partial charge in [0.1, 0.15) is 10.8 Å². The first kappa shape index (κ1) is 19.2. The van der Waals surface area contributed by atoms with Crippen molar-refractivity contribution < 1.29 is 14.3 Å². The van der Waals surface area contributed by atoms with Gasteiger partial charge in [-0.05, 0) is 42.0 Å². The highest BCUT2D eigenvalue weighted by molar-refractivity contribution is 7.15. The quantitative estimate of drug-likeness (QED) is 0.472. The van der Waals surface area contributed by atoms with E-state index >= 15 is 0 Å². The van der Waals surface area contributed by atoms with E-state index in [-0.39, 0.29) is 18.2 Å². The van der Waals surface area contributed by atoms with Crippen LogP contribution in [-0.2, 0) is 11.2 Å². The Morgan fingerprint density at radius 1 is 1.11 bits per heavy atom. The van der Waals surface area contributed by atoms with Gasteiger partial charge in [0.05, 0.1) is 19.7 Å². The summed E-state index contributed by atoms with van der Waals surface area (Å²) in [6.07, 6.45) is 1.54. The third-order valence-corrected chi connectivity index (χ3v) is 4.39. The number of ether oxygens (including phenoxy) is 1. The lowest BCUT2D eigenvalue weighted by Crippen LogP contribution is -2.19. The van der Waals surface area contributed by atoms with Crippen molar-refractivity contribution in [2.24, 2.45) is 5.10 Å². The van der Waals surface area contributed by atoms with Crippen LogP contribution >= 0.6 is 11.3 Å². The first-order valence-electron chi connectivity index (χ1n) is 8.29. The maximum absolute atomic E-state index is 12.1. The Morgan fingerprint density at radius 3 is 2.57 bits per heavy atom. The second-order valence-electron chi connectivity index (χ2n) is 5.56. The highest BCUT2D eigenvalue weighted by Crippen LogP contribution is 2.16. The zero-order chi connectivity index (χ0) is 19.8. The second kappa shape index (κ2) is 9.38. The number of carbonyl (C=O) groups is 2. The Hall–Kier alpha value is -3.59. The zero-order valence-corrected chi connectivity index (χ0v) is 15.8. The SMILES string of the molecule is COc1ccc(/C=N/NC(=O)Cc2nnc(NC(=O)c3ccccc3)s2)cc1. The van der Waals surface area contributed by atoms with Gasteiger partial charge in [-0.25, -0.2) is 5.43 Å². The van der Waals surface area contributed by atoms with Crippen molar-refractivity contribution in [3.05, 3.63) is 70.7 Å². The molecule has 0 aliphatic heterocycles. The maximum atomic E-state index is 12.1. The number of hydrazone groups is 1. The fourth-order valence-electron chi connectivity index (χ4n) is 2.18. The molecule has 8 nitrogen and oxygen atoms in total. The molecule has 3 rings (SSSR count). The Bertz CT molecular complexity index is 971. The van der Waals surface area contributed by atoms with E-state index < -0.39 is 0 Å².